The lowest BCUT2D eigenvalue weighted by atomic mass is 9.67. The van der Waals surface area contributed by atoms with Crippen LogP contribution >= 0.6 is 0 Å². The van der Waals surface area contributed by atoms with Crippen LogP contribution in [0.2, 0.25) is 0 Å². The van der Waals surface area contributed by atoms with E-state index >= 15 is 0 Å². The average molecular weight is 490 g/mol. The van der Waals surface area contributed by atoms with E-state index in [4.69, 9.17) is 14.2 Å². The van der Waals surface area contributed by atoms with Gasteiger partial charge in [0.25, 0.3) is 0 Å². The van der Waals surface area contributed by atoms with Crippen LogP contribution in [-0.4, -0.2) is 38.0 Å². The molecule has 2 aromatic rings. The van der Waals surface area contributed by atoms with Gasteiger partial charge in [-0.15, -0.1) is 0 Å². The summed E-state index contributed by atoms with van der Waals surface area (Å²) in [7, 11) is 1.58. The summed E-state index contributed by atoms with van der Waals surface area (Å²) in [5.41, 5.74) is 3.71. The van der Waals surface area contributed by atoms with Gasteiger partial charge >= 0.3 is 11.9 Å². The molecule has 0 fully saturated rings. The zero-order valence-electron chi connectivity index (χ0n) is 21.0. The minimum atomic E-state index is -1.05. The van der Waals surface area contributed by atoms with Gasteiger partial charge in [0.2, 0.25) is 0 Å². The maximum atomic E-state index is 14.2. The van der Waals surface area contributed by atoms with Crippen LogP contribution in [0.15, 0.2) is 77.1 Å². The predicted molar refractivity (Wildman–Crippen MR) is 134 cm³/mol. The molecule has 0 saturated carbocycles. The van der Waals surface area contributed by atoms with E-state index in [0.717, 1.165) is 11.1 Å². The Labute approximate surface area is 211 Å². The summed E-state index contributed by atoms with van der Waals surface area (Å²) in [5.74, 6) is -2.93. The van der Waals surface area contributed by atoms with Crippen LogP contribution in [0.5, 0.6) is 5.75 Å². The van der Waals surface area contributed by atoms with Crippen molar-refractivity contribution in [1.29, 1.82) is 0 Å². The third-order valence-corrected chi connectivity index (χ3v) is 6.71. The van der Waals surface area contributed by atoms with Gasteiger partial charge in [-0.2, -0.15) is 0 Å². The molecule has 0 saturated heterocycles. The summed E-state index contributed by atoms with van der Waals surface area (Å²) >= 11 is 0. The molecule has 0 amide bonds. The molecule has 36 heavy (non-hydrogen) atoms. The number of ketones is 1. The van der Waals surface area contributed by atoms with Gasteiger partial charge in [-0.25, -0.2) is 4.79 Å². The molecule has 0 aromatic heterocycles. The molecule has 1 aliphatic heterocycles. The number of hydrogen-bond donors (Lipinski definition) is 1. The summed E-state index contributed by atoms with van der Waals surface area (Å²) in [6.45, 7) is 5.64. The van der Waals surface area contributed by atoms with E-state index < -0.39 is 29.7 Å². The second-order valence-electron chi connectivity index (χ2n) is 8.80. The molecule has 1 aliphatic carbocycles. The van der Waals surface area contributed by atoms with Gasteiger partial charge in [0, 0.05) is 28.8 Å². The first kappa shape index (κ1) is 25.2. The van der Waals surface area contributed by atoms with E-state index in [9.17, 15) is 14.4 Å². The Bertz CT molecular complexity index is 1230. The van der Waals surface area contributed by atoms with E-state index in [0.29, 0.717) is 34.7 Å². The quantitative estimate of drug-likeness (QED) is 0.455. The highest BCUT2D eigenvalue weighted by Crippen LogP contribution is 2.48. The van der Waals surface area contributed by atoms with Crippen LogP contribution in [0.1, 0.15) is 50.2 Å². The van der Waals surface area contributed by atoms with Gasteiger partial charge in [0.15, 0.2) is 5.78 Å². The molecule has 4 rings (SSSR count). The van der Waals surface area contributed by atoms with Crippen molar-refractivity contribution in [2.75, 3.05) is 20.3 Å². The predicted octanol–water partition coefficient (Wildman–Crippen LogP) is 4.41. The third kappa shape index (κ3) is 4.65. The molecule has 7 nitrogen and oxygen atoms in total. The zero-order chi connectivity index (χ0) is 25.8. The van der Waals surface area contributed by atoms with Crippen molar-refractivity contribution >= 4 is 17.7 Å². The maximum Gasteiger partial charge on any atom is 0.336 e. The molecule has 7 heteroatoms. The number of esters is 2. The van der Waals surface area contributed by atoms with Crippen molar-refractivity contribution in [3.63, 3.8) is 0 Å². The van der Waals surface area contributed by atoms with Gasteiger partial charge in [-0.05, 0) is 50.5 Å². The lowest BCUT2D eigenvalue weighted by Crippen LogP contribution is -2.43. The number of nitrogens with one attached hydrogen (secondary N) is 1. The largest absolute Gasteiger partial charge is 0.497 e. The molecule has 0 bridgehead atoms. The summed E-state index contributed by atoms with van der Waals surface area (Å²) in [4.78, 5) is 40.5. The Kier molecular flexibility index (Phi) is 7.58. The van der Waals surface area contributed by atoms with Gasteiger partial charge in [0.05, 0.1) is 25.9 Å². The molecule has 0 radical (unpaired) electrons. The number of carbonyl (C=O) groups excluding carboxylic acids is 3. The molecule has 0 unspecified atom stereocenters. The lowest BCUT2D eigenvalue weighted by molar-refractivity contribution is -0.152. The van der Waals surface area contributed by atoms with Crippen LogP contribution in [0.4, 0.5) is 0 Å². The van der Waals surface area contributed by atoms with E-state index in [1.54, 1.807) is 21.0 Å². The highest BCUT2D eigenvalue weighted by molar-refractivity contribution is 6.13. The van der Waals surface area contributed by atoms with Crippen LogP contribution in [0, 0.1) is 5.92 Å². The van der Waals surface area contributed by atoms with Crippen molar-refractivity contribution < 1.29 is 28.6 Å². The fourth-order valence-corrected chi connectivity index (χ4v) is 5.18. The van der Waals surface area contributed by atoms with Crippen LogP contribution < -0.4 is 10.1 Å². The standard InChI is InChI=1S/C29H31NO6/c1-5-35-28(32)23-17(3)30-22-16-21(19-13-10-14-20(15-19)34-4)25(29(33)36-6-2)27(31)26(22)24(23)18-11-8-7-9-12-18/h7-15,21,24-25,30H,5-6,16H2,1-4H3/t21-,24-,25+/m1/s1. The smallest absolute Gasteiger partial charge is 0.336 e. The highest BCUT2D eigenvalue weighted by Gasteiger charge is 2.49. The molecule has 188 valence electrons. The van der Waals surface area contributed by atoms with Gasteiger partial charge in [-0.3, -0.25) is 9.59 Å². The van der Waals surface area contributed by atoms with E-state index in [-0.39, 0.29) is 19.0 Å². The van der Waals surface area contributed by atoms with E-state index in [1.807, 2.05) is 61.5 Å². The van der Waals surface area contributed by atoms with Crippen LogP contribution in [0.3, 0.4) is 0 Å². The van der Waals surface area contributed by atoms with Crippen molar-refractivity contribution in [1.82, 2.24) is 5.32 Å². The number of methoxy groups -OCH3 is 1. The first-order valence-electron chi connectivity index (χ1n) is 12.2. The number of dihydropyridines is 1. The molecule has 0 spiro atoms. The number of ether oxygens (including phenoxy) is 3. The second kappa shape index (κ2) is 10.8. The first-order valence-corrected chi connectivity index (χ1v) is 12.2. The van der Waals surface area contributed by atoms with Crippen molar-refractivity contribution in [2.45, 2.75) is 39.0 Å². The number of allylic oxidation sites excluding steroid dienone is 3. The lowest BCUT2D eigenvalue weighted by Gasteiger charge is -2.39. The number of hydrogen-bond acceptors (Lipinski definition) is 7. The van der Waals surface area contributed by atoms with Gasteiger partial charge in [0.1, 0.15) is 11.7 Å². The van der Waals surface area contributed by atoms with E-state index in [1.165, 1.54) is 0 Å². The Morgan fingerprint density at radius 2 is 1.67 bits per heavy atom. The summed E-state index contributed by atoms with van der Waals surface area (Å²) in [6, 6.07) is 16.8. The number of rotatable bonds is 7. The highest BCUT2D eigenvalue weighted by atomic mass is 16.5. The average Bonchev–Trinajstić information content (AvgIpc) is 2.88. The third-order valence-electron chi connectivity index (χ3n) is 6.71. The number of benzene rings is 2. The van der Waals surface area contributed by atoms with Gasteiger partial charge < -0.3 is 19.5 Å². The molecule has 2 aromatic carbocycles. The summed E-state index contributed by atoms with van der Waals surface area (Å²) in [6.07, 6.45) is 0.397. The Hall–Kier alpha value is -3.87. The Balaban J connectivity index is 1.88. The summed E-state index contributed by atoms with van der Waals surface area (Å²) in [5, 5.41) is 3.31. The fourth-order valence-electron chi connectivity index (χ4n) is 5.18. The van der Waals surface area contributed by atoms with Crippen molar-refractivity contribution in [3.05, 3.63) is 88.3 Å². The molecule has 3 atom stereocenters. The minimum absolute atomic E-state index is 0.160. The minimum Gasteiger partial charge on any atom is -0.497 e. The maximum absolute atomic E-state index is 14.2. The van der Waals surface area contributed by atoms with Crippen molar-refractivity contribution in [3.8, 4) is 5.75 Å². The van der Waals surface area contributed by atoms with Crippen LogP contribution in [0.25, 0.3) is 0 Å². The SMILES string of the molecule is CCOC(=O)C1=C(C)NC2=C(C(=O)[C@@H](C(=O)OCC)[C@@H](c3cccc(OC)c3)C2)[C@@H]1c1ccccc1. The molecule has 1 heterocycles. The van der Waals surface area contributed by atoms with Gasteiger partial charge in [-0.1, -0.05) is 42.5 Å². The summed E-state index contributed by atoms with van der Waals surface area (Å²) < 4.78 is 16.1. The van der Waals surface area contributed by atoms with Crippen molar-refractivity contribution in [2.24, 2.45) is 5.92 Å². The Morgan fingerprint density at radius 3 is 2.33 bits per heavy atom. The second-order valence-corrected chi connectivity index (χ2v) is 8.80. The molecular weight excluding hydrogens is 458 g/mol. The first-order chi connectivity index (χ1) is 17.4. The molecule has 1 N–H and O–H groups in total. The zero-order valence-corrected chi connectivity index (χ0v) is 21.0. The number of Topliss-reactive ketones (excluding diaryl/α,β-unsaturated/α-hetero) is 1. The number of carbonyl (C=O) groups is 3. The molecule has 2 aliphatic rings. The fraction of sp³-hybridized carbons (Fsp3) is 0.345. The molecular formula is C29H31NO6. The van der Waals surface area contributed by atoms with Crippen LogP contribution in [-0.2, 0) is 23.9 Å². The monoisotopic (exact) mass is 489 g/mol. The van der Waals surface area contributed by atoms with E-state index in [2.05, 4.69) is 5.32 Å². The Morgan fingerprint density at radius 1 is 0.972 bits per heavy atom. The normalized spacial score (nSPS) is 21.4. The topological polar surface area (TPSA) is 90.9 Å².